The summed E-state index contributed by atoms with van der Waals surface area (Å²) in [6.07, 6.45) is 1.81. The summed E-state index contributed by atoms with van der Waals surface area (Å²) in [6.45, 7) is 1.33. The Bertz CT molecular complexity index is 625. The number of esters is 2. The number of hydrogen-bond donors (Lipinski definition) is 1. The normalized spacial score (nSPS) is 10.1. The number of nitrogens with one attached hydrogen (secondary N) is 1. The van der Waals surface area contributed by atoms with E-state index in [0.29, 0.717) is 17.2 Å². The molecular weight excluding hydrogens is 318 g/mol. The third-order valence-electron chi connectivity index (χ3n) is 2.67. The van der Waals surface area contributed by atoms with Gasteiger partial charge < -0.3 is 24.3 Å². The average Bonchev–Trinajstić information content (AvgIpc) is 2.58. The van der Waals surface area contributed by atoms with Crippen LogP contribution in [-0.4, -0.2) is 45.3 Å². The van der Waals surface area contributed by atoms with Crippen molar-refractivity contribution in [3.63, 3.8) is 0 Å². The molecule has 0 aliphatic rings. The number of methoxy groups -OCH3 is 2. The maximum absolute atomic E-state index is 11.8. The number of carbonyl (C=O) groups is 3. The molecule has 24 heavy (non-hydrogen) atoms. The molecule has 0 fully saturated rings. The van der Waals surface area contributed by atoms with Gasteiger partial charge in [-0.1, -0.05) is 0 Å². The Kier molecular flexibility index (Phi) is 7.83. The average molecular weight is 337 g/mol. The van der Waals surface area contributed by atoms with Crippen molar-refractivity contribution in [3.05, 3.63) is 30.4 Å². The molecule has 0 unspecified atom stereocenters. The van der Waals surface area contributed by atoms with Crippen LogP contribution >= 0.6 is 0 Å². The number of hydrogen-bond acceptors (Lipinski definition) is 7. The van der Waals surface area contributed by atoms with E-state index in [1.165, 1.54) is 14.2 Å². The zero-order valence-corrected chi connectivity index (χ0v) is 13.7. The van der Waals surface area contributed by atoms with Crippen LogP contribution in [0.2, 0.25) is 0 Å². The van der Waals surface area contributed by atoms with Crippen molar-refractivity contribution in [3.8, 4) is 11.5 Å². The van der Waals surface area contributed by atoms with Gasteiger partial charge in [0.25, 0.3) is 5.91 Å². The maximum Gasteiger partial charge on any atom is 0.331 e. The summed E-state index contributed by atoms with van der Waals surface area (Å²) in [6, 6.07) is 4.84. The van der Waals surface area contributed by atoms with Crippen LogP contribution in [0.3, 0.4) is 0 Å². The molecule has 0 radical (unpaired) electrons. The largest absolute Gasteiger partial charge is 0.497 e. The van der Waals surface area contributed by atoms with Crippen molar-refractivity contribution in [1.29, 1.82) is 0 Å². The molecule has 0 heterocycles. The van der Waals surface area contributed by atoms with Gasteiger partial charge in [0, 0.05) is 18.2 Å². The van der Waals surface area contributed by atoms with E-state index in [9.17, 15) is 14.4 Å². The van der Waals surface area contributed by atoms with Gasteiger partial charge in [0.2, 0.25) is 0 Å². The lowest BCUT2D eigenvalue weighted by molar-refractivity contribution is -0.143. The Morgan fingerprint density at radius 2 is 1.71 bits per heavy atom. The second-order valence-electron chi connectivity index (χ2n) is 4.31. The first-order chi connectivity index (χ1) is 11.5. The Labute approximate surface area is 139 Å². The van der Waals surface area contributed by atoms with Gasteiger partial charge in [-0.3, -0.25) is 4.79 Å². The highest BCUT2D eigenvalue weighted by atomic mass is 16.5. The Morgan fingerprint density at radius 3 is 2.29 bits per heavy atom. The number of carbonyl (C=O) groups excluding carboxylic acids is 3. The molecule has 8 nitrogen and oxygen atoms in total. The fraction of sp³-hybridized carbons (Fsp3) is 0.312. The van der Waals surface area contributed by atoms with Gasteiger partial charge in [0.1, 0.15) is 11.5 Å². The third-order valence-corrected chi connectivity index (χ3v) is 2.67. The van der Waals surface area contributed by atoms with E-state index in [4.69, 9.17) is 14.2 Å². The smallest absolute Gasteiger partial charge is 0.331 e. The minimum absolute atomic E-state index is 0.199. The summed E-state index contributed by atoms with van der Waals surface area (Å²) in [7, 11) is 2.96. The number of rotatable bonds is 8. The van der Waals surface area contributed by atoms with Gasteiger partial charge in [0.15, 0.2) is 6.61 Å². The van der Waals surface area contributed by atoms with Gasteiger partial charge in [-0.15, -0.1) is 0 Å². The summed E-state index contributed by atoms with van der Waals surface area (Å²) in [5.74, 6) is -1.09. The summed E-state index contributed by atoms with van der Waals surface area (Å²) >= 11 is 0. The van der Waals surface area contributed by atoms with Gasteiger partial charge >= 0.3 is 11.9 Å². The SMILES string of the molecule is CCOC(=O)/C=C/C(=O)OCC(=O)Nc1ccc(OC)cc1OC. The van der Waals surface area contributed by atoms with Crippen molar-refractivity contribution >= 4 is 23.5 Å². The molecule has 1 amide bonds. The van der Waals surface area contributed by atoms with Crippen molar-refractivity contribution in [2.75, 3.05) is 32.8 Å². The van der Waals surface area contributed by atoms with Crippen LogP contribution in [0.25, 0.3) is 0 Å². The zero-order valence-electron chi connectivity index (χ0n) is 13.7. The highest BCUT2D eigenvalue weighted by Gasteiger charge is 2.10. The van der Waals surface area contributed by atoms with E-state index >= 15 is 0 Å². The molecule has 1 aromatic carbocycles. The van der Waals surface area contributed by atoms with Crippen LogP contribution in [0, 0.1) is 0 Å². The van der Waals surface area contributed by atoms with Gasteiger partial charge in [-0.05, 0) is 19.1 Å². The van der Waals surface area contributed by atoms with Crippen LogP contribution in [-0.2, 0) is 23.9 Å². The van der Waals surface area contributed by atoms with Gasteiger partial charge in [0.05, 0.1) is 26.5 Å². The molecule has 0 saturated heterocycles. The van der Waals surface area contributed by atoms with Crippen molar-refractivity contribution in [1.82, 2.24) is 0 Å². The number of anilines is 1. The van der Waals surface area contributed by atoms with Crippen molar-refractivity contribution in [2.24, 2.45) is 0 Å². The standard InChI is InChI=1S/C16H19NO7/c1-4-23-15(19)7-8-16(20)24-10-14(18)17-12-6-5-11(21-2)9-13(12)22-3/h5-9H,4,10H2,1-3H3,(H,17,18)/b8-7+. The molecule has 1 aromatic rings. The van der Waals surface area contributed by atoms with Crippen molar-refractivity contribution in [2.45, 2.75) is 6.92 Å². The first-order valence-corrected chi connectivity index (χ1v) is 7.03. The topological polar surface area (TPSA) is 100 Å². The molecule has 1 rings (SSSR count). The second-order valence-corrected chi connectivity index (χ2v) is 4.31. The lowest BCUT2D eigenvalue weighted by Gasteiger charge is -2.11. The summed E-state index contributed by atoms with van der Waals surface area (Å²) in [5, 5.41) is 2.54. The Morgan fingerprint density at radius 1 is 1.04 bits per heavy atom. The van der Waals surface area contributed by atoms with Crippen LogP contribution < -0.4 is 14.8 Å². The van der Waals surface area contributed by atoms with E-state index < -0.39 is 24.5 Å². The second kappa shape index (κ2) is 9.88. The number of amides is 1. The van der Waals surface area contributed by atoms with Gasteiger partial charge in [-0.2, -0.15) is 0 Å². The van der Waals surface area contributed by atoms with Crippen LogP contribution in [0.5, 0.6) is 11.5 Å². The highest BCUT2D eigenvalue weighted by Crippen LogP contribution is 2.28. The van der Waals surface area contributed by atoms with E-state index in [-0.39, 0.29) is 6.61 Å². The van der Waals surface area contributed by atoms with E-state index in [1.807, 2.05) is 0 Å². The Hall–Kier alpha value is -3.03. The molecule has 0 aromatic heterocycles. The predicted molar refractivity (Wildman–Crippen MR) is 84.9 cm³/mol. The molecule has 1 N–H and O–H groups in total. The van der Waals surface area contributed by atoms with Crippen molar-refractivity contribution < 1.29 is 33.3 Å². The van der Waals surface area contributed by atoms with Gasteiger partial charge in [-0.25, -0.2) is 9.59 Å². The summed E-state index contributed by atoms with van der Waals surface area (Å²) in [5.41, 5.74) is 0.404. The molecule has 130 valence electrons. The van der Waals surface area contributed by atoms with Crippen LogP contribution in [0.15, 0.2) is 30.4 Å². The predicted octanol–water partition coefficient (Wildman–Crippen LogP) is 1.30. The third kappa shape index (κ3) is 6.39. The molecule has 0 bridgehead atoms. The minimum Gasteiger partial charge on any atom is -0.497 e. The van der Waals surface area contributed by atoms with E-state index in [2.05, 4.69) is 10.1 Å². The zero-order chi connectivity index (χ0) is 17.9. The number of ether oxygens (including phenoxy) is 4. The lowest BCUT2D eigenvalue weighted by Crippen LogP contribution is -2.20. The molecule has 0 saturated carbocycles. The first kappa shape index (κ1) is 19.0. The fourth-order valence-corrected chi connectivity index (χ4v) is 1.60. The molecule has 0 aliphatic heterocycles. The maximum atomic E-state index is 11.8. The molecule has 0 aliphatic carbocycles. The molecular formula is C16H19NO7. The van der Waals surface area contributed by atoms with E-state index in [1.54, 1.807) is 25.1 Å². The first-order valence-electron chi connectivity index (χ1n) is 7.03. The van der Waals surface area contributed by atoms with Crippen LogP contribution in [0.4, 0.5) is 5.69 Å². The number of benzene rings is 1. The lowest BCUT2D eigenvalue weighted by atomic mass is 10.2. The summed E-state index contributed by atoms with van der Waals surface area (Å²) < 4.78 is 19.5. The monoisotopic (exact) mass is 337 g/mol. The summed E-state index contributed by atoms with van der Waals surface area (Å²) in [4.78, 5) is 34.2. The minimum atomic E-state index is -0.833. The molecule has 8 heteroatoms. The van der Waals surface area contributed by atoms with Crippen LogP contribution in [0.1, 0.15) is 6.92 Å². The molecule has 0 atom stereocenters. The fourth-order valence-electron chi connectivity index (χ4n) is 1.60. The highest BCUT2D eigenvalue weighted by molar-refractivity contribution is 5.96. The Balaban J connectivity index is 2.52. The quantitative estimate of drug-likeness (QED) is 0.564. The van der Waals surface area contributed by atoms with E-state index in [0.717, 1.165) is 12.2 Å². The molecule has 0 spiro atoms.